The first kappa shape index (κ1) is 17.2. The van der Waals surface area contributed by atoms with E-state index in [9.17, 15) is 9.59 Å². The molecular weight excluding hydrogens is 346 g/mol. The number of hydrogen-bond acceptors (Lipinski definition) is 5. The van der Waals surface area contributed by atoms with E-state index in [1.54, 1.807) is 24.5 Å². The third-order valence-electron chi connectivity index (χ3n) is 4.21. The molecule has 0 aliphatic carbocycles. The summed E-state index contributed by atoms with van der Waals surface area (Å²) in [5, 5.41) is 0. The molecule has 2 aliphatic heterocycles. The van der Waals surface area contributed by atoms with Gasteiger partial charge in [-0.05, 0) is 12.1 Å². The molecule has 1 aromatic heterocycles. The van der Waals surface area contributed by atoms with E-state index in [-0.39, 0.29) is 11.8 Å². The molecule has 0 aromatic carbocycles. The van der Waals surface area contributed by atoms with Crippen LogP contribution in [-0.4, -0.2) is 65.7 Å². The van der Waals surface area contributed by atoms with Gasteiger partial charge in [0.25, 0.3) is 5.91 Å². The highest BCUT2D eigenvalue weighted by atomic mass is 32.2. The fraction of sp³-hybridized carbons (Fsp3) is 0.438. The summed E-state index contributed by atoms with van der Waals surface area (Å²) in [4.78, 5) is 30.1. The van der Waals surface area contributed by atoms with Crippen LogP contribution >= 0.6 is 24.0 Å². The number of nitrogens with zero attached hydrogens (tertiary/aromatic N) is 2. The lowest BCUT2D eigenvalue weighted by molar-refractivity contribution is -0.883. The Balaban J connectivity index is 1.56. The minimum atomic E-state index is -0.156. The van der Waals surface area contributed by atoms with Crippen molar-refractivity contribution in [2.45, 2.75) is 6.42 Å². The van der Waals surface area contributed by atoms with Crippen LogP contribution in [-0.2, 0) is 9.59 Å². The van der Waals surface area contributed by atoms with Crippen LogP contribution in [0.15, 0.2) is 27.7 Å². The predicted molar refractivity (Wildman–Crippen MR) is 96.4 cm³/mol. The van der Waals surface area contributed by atoms with E-state index < -0.39 is 0 Å². The van der Waals surface area contributed by atoms with Crippen molar-refractivity contribution in [2.24, 2.45) is 0 Å². The normalized spacial score (nSPS) is 21.1. The number of nitrogens with one attached hydrogen (secondary N) is 1. The molecule has 6 nitrogen and oxygen atoms in total. The molecule has 24 heavy (non-hydrogen) atoms. The zero-order valence-corrected chi connectivity index (χ0v) is 15.1. The first-order valence-corrected chi connectivity index (χ1v) is 9.15. The smallest absolute Gasteiger partial charge is 0.266 e. The largest absolute Gasteiger partial charge is 0.465 e. The summed E-state index contributed by atoms with van der Waals surface area (Å²) in [6, 6.07) is 3.55. The highest BCUT2D eigenvalue weighted by Crippen LogP contribution is 2.32. The summed E-state index contributed by atoms with van der Waals surface area (Å²) in [6.07, 6.45) is 3.55. The number of quaternary nitrogens is 1. The lowest BCUT2D eigenvalue weighted by Gasteiger charge is -2.30. The summed E-state index contributed by atoms with van der Waals surface area (Å²) >= 11 is 6.53. The number of likely N-dealkylation sites (N-methyl/N-ethyl adjacent to an activating group) is 1. The Bertz CT molecular complexity index is 664. The zero-order chi connectivity index (χ0) is 17.1. The van der Waals surface area contributed by atoms with Gasteiger partial charge in [-0.2, -0.15) is 0 Å². The lowest BCUT2D eigenvalue weighted by Crippen LogP contribution is -3.12. The Morgan fingerprint density at radius 1 is 1.46 bits per heavy atom. The highest BCUT2D eigenvalue weighted by Gasteiger charge is 2.33. The number of amides is 2. The average Bonchev–Trinajstić information content (AvgIpc) is 3.16. The van der Waals surface area contributed by atoms with Crippen molar-refractivity contribution < 1.29 is 18.9 Å². The van der Waals surface area contributed by atoms with Crippen molar-refractivity contribution in [2.75, 3.05) is 39.8 Å². The molecule has 2 fully saturated rings. The maximum absolute atomic E-state index is 12.5. The minimum absolute atomic E-state index is 0.0894. The summed E-state index contributed by atoms with van der Waals surface area (Å²) in [5.41, 5.74) is 0. The Morgan fingerprint density at radius 2 is 2.21 bits per heavy atom. The Kier molecular flexibility index (Phi) is 5.37. The third-order valence-corrected chi connectivity index (χ3v) is 5.59. The summed E-state index contributed by atoms with van der Waals surface area (Å²) in [7, 11) is 2.13. The van der Waals surface area contributed by atoms with E-state index in [0.29, 0.717) is 28.0 Å². The van der Waals surface area contributed by atoms with Crippen LogP contribution < -0.4 is 4.90 Å². The maximum atomic E-state index is 12.5. The van der Waals surface area contributed by atoms with E-state index in [4.69, 9.17) is 16.6 Å². The van der Waals surface area contributed by atoms with Crippen LogP contribution in [0.4, 0.5) is 0 Å². The average molecular weight is 366 g/mol. The number of carbonyl (C=O) groups excluding carboxylic acids is 2. The quantitative estimate of drug-likeness (QED) is 0.611. The molecular formula is C16H20N3O3S2+. The number of rotatable bonds is 4. The second kappa shape index (κ2) is 7.50. The van der Waals surface area contributed by atoms with Crippen LogP contribution in [0.3, 0.4) is 0 Å². The monoisotopic (exact) mass is 366 g/mol. The van der Waals surface area contributed by atoms with Gasteiger partial charge in [0.05, 0.1) is 44.4 Å². The molecule has 2 saturated heterocycles. The van der Waals surface area contributed by atoms with Crippen LogP contribution in [0.1, 0.15) is 12.2 Å². The Labute approximate surface area is 150 Å². The van der Waals surface area contributed by atoms with Crippen molar-refractivity contribution in [1.29, 1.82) is 0 Å². The van der Waals surface area contributed by atoms with Gasteiger partial charge in [0.15, 0.2) is 0 Å². The maximum Gasteiger partial charge on any atom is 0.266 e. The van der Waals surface area contributed by atoms with Gasteiger partial charge in [0.2, 0.25) is 5.91 Å². The topological polar surface area (TPSA) is 58.2 Å². The van der Waals surface area contributed by atoms with Gasteiger partial charge in [0, 0.05) is 19.0 Å². The number of carbonyl (C=O) groups is 2. The molecule has 0 atom stereocenters. The van der Waals surface area contributed by atoms with Crippen molar-refractivity contribution >= 4 is 46.2 Å². The zero-order valence-electron chi connectivity index (χ0n) is 13.5. The molecule has 2 aliphatic rings. The van der Waals surface area contributed by atoms with Crippen LogP contribution in [0.2, 0.25) is 0 Å². The van der Waals surface area contributed by atoms with E-state index in [2.05, 4.69) is 7.05 Å². The fourth-order valence-corrected chi connectivity index (χ4v) is 3.99. The molecule has 0 unspecified atom stereocenters. The number of thiocarbonyl (C=S) groups is 1. The van der Waals surface area contributed by atoms with Crippen LogP contribution in [0, 0.1) is 0 Å². The molecule has 0 radical (unpaired) electrons. The van der Waals surface area contributed by atoms with Crippen molar-refractivity contribution in [3.63, 3.8) is 0 Å². The second-order valence-electron chi connectivity index (χ2n) is 5.94. The summed E-state index contributed by atoms with van der Waals surface area (Å²) in [5.74, 6) is 0.551. The van der Waals surface area contributed by atoms with Gasteiger partial charge in [-0.3, -0.25) is 14.5 Å². The van der Waals surface area contributed by atoms with E-state index >= 15 is 0 Å². The van der Waals surface area contributed by atoms with Gasteiger partial charge in [-0.1, -0.05) is 24.0 Å². The molecule has 8 heteroatoms. The SMILES string of the molecule is C[NH+]1CCN(C(=O)CCN2C(=O)C(=Cc3ccco3)SC2=S)CC1. The number of thioether (sulfide) groups is 1. The molecule has 0 saturated carbocycles. The summed E-state index contributed by atoms with van der Waals surface area (Å²) in [6.45, 7) is 3.83. The molecule has 1 aromatic rings. The first-order chi connectivity index (χ1) is 11.5. The molecule has 0 spiro atoms. The lowest BCUT2D eigenvalue weighted by atomic mass is 10.2. The van der Waals surface area contributed by atoms with E-state index in [1.165, 1.54) is 21.6 Å². The molecule has 128 valence electrons. The van der Waals surface area contributed by atoms with Crippen molar-refractivity contribution in [3.8, 4) is 0 Å². The minimum Gasteiger partial charge on any atom is -0.465 e. The van der Waals surface area contributed by atoms with Crippen LogP contribution in [0.5, 0.6) is 0 Å². The van der Waals surface area contributed by atoms with E-state index in [1.807, 2.05) is 4.90 Å². The Hall–Kier alpha value is -1.64. The molecule has 3 heterocycles. The number of piperazine rings is 1. The van der Waals surface area contributed by atoms with Gasteiger partial charge in [0.1, 0.15) is 10.1 Å². The van der Waals surface area contributed by atoms with Crippen molar-refractivity contribution in [1.82, 2.24) is 9.80 Å². The van der Waals surface area contributed by atoms with Gasteiger partial charge < -0.3 is 14.2 Å². The second-order valence-corrected chi connectivity index (χ2v) is 7.61. The molecule has 0 bridgehead atoms. The Morgan fingerprint density at radius 3 is 2.88 bits per heavy atom. The predicted octanol–water partition coefficient (Wildman–Crippen LogP) is 0.228. The number of hydrogen-bond donors (Lipinski definition) is 1. The molecule has 3 rings (SSSR count). The third kappa shape index (κ3) is 3.88. The molecule has 1 N–H and O–H groups in total. The fourth-order valence-electron chi connectivity index (χ4n) is 2.70. The van der Waals surface area contributed by atoms with Gasteiger partial charge >= 0.3 is 0 Å². The van der Waals surface area contributed by atoms with Crippen LogP contribution in [0.25, 0.3) is 6.08 Å². The van der Waals surface area contributed by atoms with Crippen molar-refractivity contribution in [3.05, 3.63) is 29.1 Å². The first-order valence-electron chi connectivity index (χ1n) is 7.92. The highest BCUT2D eigenvalue weighted by molar-refractivity contribution is 8.26. The van der Waals surface area contributed by atoms with Gasteiger partial charge in [-0.15, -0.1) is 0 Å². The number of furan rings is 1. The van der Waals surface area contributed by atoms with Gasteiger partial charge in [-0.25, -0.2) is 0 Å². The summed E-state index contributed by atoms with van der Waals surface area (Å²) < 4.78 is 5.73. The molecule has 2 amide bonds. The van der Waals surface area contributed by atoms with E-state index in [0.717, 1.165) is 26.2 Å². The standard InChI is InChI=1S/C16H19N3O3S2/c1-17-6-8-18(9-7-17)14(20)4-5-19-15(21)13(24-16(19)23)11-12-3-2-10-22-12/h2-3,10-11H,4-9H2,1H3/p+1.